The van der Waals surface area contributed by atoms with Crippen LogP contribution in [0.15, 0.2) is 41.3 Å². The molecule has 8 heteroatoms. The highest BCUT2D eigenvalue weighted by Gasteiger charge is 2.18. The Morgan fingerprint density at radius 3 is 2.82 bits per heavy atom. The molecular formula is C14H13N5O2S. The van der Waals surface area contributed by atoms with Crippen molar-refractivity contribution >= 4 is 28.2 Å². The Morgan fingerprint density at radius 2 is 2.09 bits per heavy atom. The van der Waals surface area contributed by atoms with Crippen LogP contribution in [-0.2, 0) is 7.05 Å². The van der Waals surface area contributed by atoms with Gasteiger partial charge in [0.25, 0.3) is 5.56 Å². The first-order valence-corrected chi connectivity index (χ1v) is 6.83. The second-order valence-corrected chi connectivity index (χ2v) is 5.09. The first-order valence-electron chi connectivity index (χ1n) is 6.42. The van der Waals surface area contributed by atoms with Crippen LogP contribution in [0.4, 0.5) is 0 Å². The molecule has 112 valence electrons. The summed E-state index contributed by atoms with van der Waals surface area (Å²) in [5.41, 5.74) is 3.05. The molecule has 0 aliphatic carbocycles. The van der Waals surface area contributed by atoms with Crippen molar-refractivity contribution in [2.24, 2.45) is 12.9 Å². The monoisotopic (exact) mass is 315 g/mol. The van der Waals surface area contributed by atoms with E-state index < -0.39 is 0 Å². The molecule has 0 atom stereocenters. The number of para-hydroxylation sites is 1. The van der Waals surface area contributed by atoms with Gasteiger partial charge >= 0.3 is 0 Å². The topological polar surface area (TPSA) is 98.1 Å². The summed E-state index contributed by atoms with van der Waals surface area (Å²) in [6.45, 7) is 0. The summed E-state index contributed by atoms with van der Waals surface area (Å²) >= 11 is 4.97. The van der Waals surface area contributed by atoms with E-state index in [0.29, 0.717) is 16.6 Å². The highest BCUT2D eigenvalue weighted by Crippen LogP contribution is 2.31. The molecule has 0 amide bonds. The van der Waals surface area contributed by atoms with Gasteiger partial charge < -0.3 is 9.67 Å². The number of fused-ring (bicyclic) bond motifs is 1. The molecule has 2 heterocycles. The fourth-order valence-corrected chi connectivity index (χ4v) is 2.45. The van der Waals surface area contributed by atoms with Crippen molar-refractivity contribution in [2.75, 3.05) is 0 Å². The fourth-order valence-electron chi connectivity index (χ4n) is 2.35. The lowest BCUT2D eigenvalue weighted by Crippen LogP contribution is -2.34. The zero-order valence-electron chi connectivity index (χ0n) is 11.6. The van der Waals surface area contributed by atoms with E-state index in [0.717, 1.165) is 0 Å². The average molecular weight is 315 g/mol. The lowest BCUT2D eigenvalue weighted by atomic mass is 10.1. The van der Waals surface area contributed by atoms with Gasteiger partial charge in [-0.3, -0.25) is 10.2 Å². The van der Waals surface area contributed by atoms with Crippen molar-refractivity contribution in [1.82, 2.24) is 19.8 Å². The van der Waals surface area contributed by atoms with Gasteiger partial charge in [-0.25, -0.2) is 10.5 Å². The normalized spacial score (nSPS) is 10.8. The molecule has 0 spiro atoms. The number of hydrogen-bond donors (Lipinski definition) is 3. The fraction of sp³-hybridized carbons (Fsp3) is 0.0714. The maximum absolute atomic E-state index is 12.5. The van der Waals surface area contributed by atoms with Crippen molar-refractivity contribution in [1.29, 1.82) is 0 Å². The Morgan fingerprint density at radius 1 is 1.36 bits per heavy atom. The van der Waals surface area contributed by atoms with E-state index in [1.807, 2.05) is 0 Å². The summed E-state index contributed by atoms with van der Waals surface area (Å²) < 4.78 is 2.79. The summed E-state index contributed by atoms with van der Waals surface area (Å²) in [6.07, 6.45) is 1.56. The van der Waals surface area contributed by atoms with Crippen LogP contribution in [0.1, 0.15) is 0 Å². The zero-order chi connectivity index (χ0) is 15.9. The van der Waals surface area contributed by atoms with Crippen LogP contribution in [0.3, 0.4) is 0 Å². The van der Waals surface area contributed by atoms with Crippen molar-refractivity contribution in [3.05, 3.63) is 46.9 Å². The molecule has 0 unspecified atom stereocenters. The minimum Gasteiger partial charge on any atom is -0.506 e. The molecule has 0 aliphatic rings. The lowest BCUT2D eigenvalue weighted by Gasteiger charge is -2.10. The number of nitrogens with two attached hydrogens (primary N) is 1. The maximum Gasteiger partial charge on any atom is 0.264 e. The molecule has 1 aromatic carbocycles. The molecule has 4 N–H and O–H groups in total. The molecule has 0 aliphatic heterocycles. The van der Waals surface area contributed by atoms with E-state index >= 15 is 0 Å². The summed E-state index contributed by atoms with van der Waals surface area (Å²) in [5, 5.41) is 15.4. The summed E-state index contributed by atoms with van der Waals surface area (Å²) in [5.74, 6) is 5.14. The molecule has 0 saturated carbocycles. The highest BCUT2D eigenvalue weighted by molar-refractivity contribution is 7.80. The van der Waals surface area contributed by atoms with Crippen LogP contribution in [0.2, 0.25) is 0 Å². The number of thiocarbonyl (C=S) groups is 1. The third-order valence-corrected chi connectivity index (χ3v) is 3.76. The number of nitrogens with zero attached hydrogens (tertiary/aromatic N) is 3. The van der Waals surface area contributed by atoms with Crippen molar-refractivity contribution < 1.29 is 5.11 Å². The number of hydrazine groups is 1. The molecule has 2 aromatic heterocycles. The SMILES string of the molecule is Cn1c(=O)c(-c2ccn(C(=S)NN)n2)c(O)c2ccccc21. The number of aromatic nitrogens is 3. The van der Waals surface area contributed by atoms with Crippen molar-refractivity contribution in [2.45, 2.75) is 0 Å². The van der Waals surface area contributed by atoms with Crippen molar-refractivity contribution in [3.63, 3.8) is 0 Å². The number of benzene rings is 1. The first kappa shape index (κ1) is 14.2. The van der Waals surface area contributed by atoms with E-state index in [1.165, 1.54) is 9.25 Å². The predicted octanol–water partition coefficient (Wildman–Crippen LogP) is 0.704. The number of hydrogen-bond acceptors (Lipinski definition) is 5. The van der Waals surface area contributed by atoms with Gasteiger partial charge in [-0.1, -0.05) is 12.1 Å². The largest absolute Gasteiger partial charge is 0.506 e. The van der Waals surface area contributed by atoms with Gasteiger partial charge in [0.15, 0.2) is 0 Å². The molecule has 3 rings (SSSR count). The third kappa shape index (κ3) is 2.05. The van der Waals surface area contributed by atoms with Gasteiger partial charge in [0.1, 0.15) is 17.0 Å². The van der Waals surface area contributed by atoms with E-state index in [1.54, 1.807) is 43.6 Å². The molecule has 22 heavy (non-hydrogen) atoms. The smallest absolute Gasteiger partial charge is 0.264 e. The number of pyridine rings is 1. The molecule has 3 aromatic rings. The molecule has 0 fully saturated rings. The van der Waals surface area contributed by atoms with Gasteiger partial charge in [-0.05, 0) is 30.4 Å². The third-order valence-electron chi connectivity index (χ3n) is 3.45. The Labute approximate surface area is 130 Å². The molecule has 0 saturated heterocycles. The van der Waals surface area contributed by atoms with Crippen LogP contribution in [0.5, 0.6) is 5.75 Å². The van der Waals surface area contributed by atoms with Gasteiger partial charge in [0.2, 0.25) is 5.11 Å². The quantitative estimate of drug-likeness (QED) is 0.347. The van der Waals surface area contributed by atoms with Gasteiger partial charge in [-0.2, -0.15) is 5.10 Å². The molecule has 7 nitrogen and oxygen atoms in total. The van der Waals surface area contributed by atoms with Crippen LogP contribution >= 0.6 is 12.2 Å². The van der Waals surface area contributed by atoms with Gasteiger partial charge in [0.05, 0.1) is 5.52 Å². The first-order chi connectivity index (χ1) is 10.5. The van der Waals surface area contributed by atoms with Gasteiger partial charge in [-0.15, -0.1) is 0 Å². The Kier molecular flexibility index (Phi) is 3.39. The summed E-state index contributed by atoms with van der Waals surface area (Å²) in [6, 6.07) is 8.71. The van der Waals surface area contributed by atoms with E-state index in [-0.39, 0.29) is 22.0 Å². The minimum absolute atomic E-state index is 0.101. The second kappa shape index (κ2) is 5.24. The van der Waals surface area contributed by atoms with Gasteiger partial charge in [0, 0.05) is 18.6 Å². The van der Waals surface area contributed by atoms with Crippen LogP contribution in [0, 0.1) is 0 Å². The average Bonchev–Trinajstić information content (AvgIpc) is 3.02. The molecule has 0 radical (unpaired) electrons. The number of nitrogens with one attached hydrogen (secondary N) is 1. The minimum atomic E-state index is -0.340. The number of aryl methyl sites for hydroxylation is 1. The van der Waals surface area contributed by atoms with E-state index in [9.17, 15) is 9.90 Å². The Hall–Kier alpha value is -2.71. The Bertz CT molecular complexity index is 944. The van der Waals surface area contributed by atoms with Crippen LogP contribution in [0.25, 0.3) is 22.2 Å². The molecule has 0 bridgehead atoms. The number of rotatable bonds is 1. The number of aromatic hydroxyl groups is 1. The van der Waals surface area contributed by atoms with Crippen LogP contribution in [-0.4, -0.2) is 24.6 Å². The summed E-state index contributed by atoms with van der Waals surface area (Å²) in [7, 11) is 1.65. The highest BCUT2D eigenvalue weighted by atomic mass is 32.1. The summed E-state index contributed by atoms with van der Waals surface area (Å²) in [4.78, 5) is 12.5. The van der Waals surface area contributed by atoms with Crippen LogP contribution < -0.4 is 16.8 Å². The van der Waals surface area contributed by atoms with E-state index in [4.69, 9.17) is 18.1 Å². The maximum atomic E-state index is 12.5. The molecular weight excluding hydrogens is 302 g/mol. The second-order valence-electron chi connectivity index (χ2n) is 4.70. The lowest BCUT2D eigenvalue weighted by molar-refractivity contribution is 0.481. The Balaban J connectivity index is 2.30. The predicted molar refractivity (Wildman–Crippen MR) is 87.4 cm³/mol. The standard InChI is InChI=1S/C14H13N5O2S/c1-18-10-5-3-2-4-8(10)12(20)11(13(18)21)9-6-7-19(17-9)14(22)16-15/h2-7,20H,15H2,1H3,(H,16,22). The van der Waals surface area contributed by atoms with E-state index in [2.05, 4.69) is 10.5 Å². The zero-order valence-corrected chi connectivity index (χ0v) is 12.5. The van der Waals surface area contributed by atoms with Crippen molar-refractivity contribution in [3.8, 4) is 17.0 Å².